The van der Waals surface area contributed by atoms with Crippen LogP contribution in [-0.2, 0) is 37.9 Å². The summed E-state index contributed by atoms with van der Waals surface area (Å²) in [6.07, 6.45) is 0.593. The lowest BCUT2D eigenvalue weighted by molar-refractivity contribution is -0.0267. The Morgan fingerprint density at radius 3 is 0.712 bits per heavy atom. The Labute approximate surface area is 310 Å². The summed E-state index contributed by atoms with van der Waals surface area (Å²) in [6, 6.07) is 23.4. The van der Waals surface area contributed by atoms with Crippen molar-refractivity contribution >= 4 is 0 Å². The van der Waals surface area contributed by atoms with E-state index in [2.05, 4.69) is 0 Å². The van der Waals surface area contributed by atoms with Gasteiger partial charge in [0.05, 0.1) is 54.9 Å². The Kier molecular flexibility index (Phi) is 20.0. The van der Waals surface area contributed by atoms with E-state index in [4.69, 9.17) is 56.8 Å². The summed E-state index contributed by atoms with van der Waals surface area (Å²) in [6.45, 7) is 2.47. The van der Waals surface area contributed by atoms with Crippen LogP contribution in [0.15, 0.2) is 72.8 Å². The molecule has 292 valence electrons. The number of methoxy groups -OCH3 is 8. The number of ether oxygens (including phenoxy) is 12. The summed E-state index contributed by atoms with van der Waals surface area (Å²) < 4.78 is 63.0. The van der Waals surface area contributed by atoms with E-state index in [1.807, 2.05) is 72.8 Å². The normalized spacial score (nSPS) is 26.2. The molecule has 0 amide bonds. The van der Waals surface area contributed by atoms with E-state index in [9.17, 15) is 0 Å². The van der Waals surface area contributed by atoms with Crippen LogP contribution in [0, 0.1) is 0 Å². The van der Waals surface area contributed by atoms with E-state index in [1.54, 1.807) is 56.9 Å². The van der Waals surface area contributed by atoms with E-state index in [1.165, 1.54) is 11.1 Å². The molecule has 12 nitrogen and oxygen atoms in total. The van der Waals surface area contributed by atoms with Gasteiger partial charge in [0.1, 0.15) is 71.8 Å². The van der Waals surface area contributed by atoms with E-state index in [-0.39, 0.29) is 63.7 Å². The zero-order valence-corrected chi connectivity index (χ0v) is 30.3. The number of benzene rings is 3. The van der Waals surface area contributed by atoms with Crippen LogP contribution in [0.2, 0.25) is 0 Å². The Balaban J connectivity index is 0.000000240. The van der Waals surface area contributed by atoms with Crippen LogP contribution in [0.1, 0.15) is 14.9 Å². The molecule has 0 bridgehead atoms. The molecule has 0 saturated carbocycles. The molecule has 0 aliphatic carbocycles. The van der Waals surface area contributed by atoms with Gasteiger partial charge in [0, 0.05) is 28.4 Å². The molecule has 4 saturated heterocycles. The minimum Gasteiger partial charge on any atom is -0.497 e. The van der Waals surface area contributed by atoms with Crippen molar-refractivity contribution in [3.63, 3.8) is 0 Å². The summed E-state index contributed by atoms with van der Waals surface area (Å²) in [5.41, 5.74) is 2.34. The van der Waals surface area contributed by atoms with Crippen molar-refractivity contribution in [3.8, 4) is 34.1 Å². The maximum Gasteiger partial charge on any atom is 0.119 e. The first-order valence-electron chi connectivity index (χ1n) is 16.5. The highest BCUT2D eigenvalue weighted by atomic mass is 16.6. The maximum absolute atomic E-state index is 5.51. The fourth-order valence-corrected chi connectivity index (χ4v) is 5.95. The number of hydrogen-bond donors (Lipinski definition) is 0. The van der Waals surface area contributed by atoms with Gasteiger partial charge in [-0.2, -0.15) is 0 Å². The Morgan fingerprint density at radius 1 is 0.346 bits per heavy atom. The monoisotopic (exact) mass is 732 g/mol. The first-order chi connectivity index (χ1) is 24.4. The topological polar surface area (TPSA) is 111 Å². The average molecular weight is 733 g/mol. The van der Waals surface area contributed by atoms with Gasteiger partial charge in [0.15, 0.2) is 0 Å². The predicted octanol–water partition coefficient (Wildman–Crippen LogP) is 5.97. The molecule has 0 spiro atoms. The van der Waals surface area contributed by atoms with Crippen LogP contribution in [0.25, 0.3) is 11.1 Å². The minimum absolute atomic E-state index is 0. The van der Waals surface area contributed by atoms with E-state index in [0.717, 1.165) is 23.0 Å². The fourth-order valence-electron chi connectivity index (χ4n) is 5.95. The third kappa shape index (κ3) is 11.8. The summed E-state index contributed by atoms with van der Waals surface area (Å²) in [5.74, 6) is 3.44. The lowest BCUT2D eigenvalue weighted by Crippen LogP contribution is -2.32. The molecule has 3 aromatic carbocycles. The molecule has 0 radical (unpaired) electrons. The predicted molar refractivity (Wildman–Crippen MR) is 200 cm³/mol. The van der Waals surface area contributed by atoms with Crippen molar-refractivity contribution < 1.29 is 56.8 Å². The molecule has 12 heteroatoms. The van der Waals surface area contributed by atoms with Gasteiger partial charge in [-0.05, 0) is 59.7 Å². The van der Waals surface area contributed by atoms with Crippen molar-refractivity contribution in [3.05, 3.63) is 72.8 Å². The van der Waals surface area contributed by atoms with Gasteiger partial charge < -0.3 is 56.8 Å². The second-order valence-corrected chi connectivity index (χ2v) is 11.6. The van der Waals surface area contributed by atoms with E-state index >= 15 is 0 Å². The second kappa shape index (κ2) is 23.3. The molecular formula is C40H60O12. The summed E-state index contributed by atoms with van der Waals surface area (Å²) in [5, 5.41) is 0. The van der Waals surface area contributed by atoms with Crippen LogP contribution >= 0.6 is 0 Å². The molecule has 4 fully saturated rings. The highest BCUT2D eigenvalue weighted by Crippen LogP contribution is 2.31. The van der Waals surface area contributed by atoms with Crippen molar-refractivity contribution in [2.75, 3.05) is 83.3 Å². The van der Waals surface area contributed by atoms with Crippen LogP contribution in [0.5, 0.6) is 23.0 Å². The van der Waals surface area contributed by atoms with Gasteiger partial charge >= 0.3 is 0 Å². The Morgan fingerprint density at radius 2 is 0.538 bits per heavy atom. The second-order valence-electron chi connectivity index (χ2n) is 11.6. The zero-order chi connectivity index (χ0) is 35.9. The number of rotatable bonds is 9. The van der Waals surface area contributed by atoms with Crippen molar-refractivity contribution in [2.24, 2.45) is 0 Å². The highest BCUT2D eigenvalue weighted by molar-refractivity contribution is 5.64. The standard InChI is InChI=1S/C14H14O2.2C8H14O4.C8H10O2.2CH4/c1-15-13-7-3-11(4-8-13)12-5-9-14(16-2)10-6-12;2*1-9-5-3-11-8-6(10-2)4-12-7(5)8;1-9-7-3-5-8(10-2)6-4-7;;/h3-10H,1-2H3;2*5-8H,3-4H2,1-2H3;3-6H,1-2H3;2*1H4/t;5-,6+,7?,8?;5-,6-,7-,8-;;;/m..1.../s1. The summed E-state index contributed by atoms with van der Waals surface area (Å²) in [4.78, 5) is 0. The molecule has 4 aliphatic heterocycles. The van der Waals surface area contributed by atoms with Gasteiger partial charge in [-0.15, -0.1) is 0 Å². The fraction of sp³-hybridized carbons (Fsp3) is 0.550. The molecule has 4 heterocycles. The lowest BCUT2D eigenvalue weighted by atomic mass is 10.1. The maximum atomic E-state index is 5.51. The quantitative estimate of drug-likeness (QED) is 0.258. The molecule has 4 aliphatic rings. The van der Waals surface area contributed by atoms with E-state index < -0.39 is 0 Å². The van der Waals surface area contributed by atoms with Gasteiger partial charge in [0.25, 0.3) is 0 Å². The van der Waals surface area contributed by atoms with Crippen LogP contribution < -0.4 is 18.9 Å². The first-order valence-corrected chi connectivity index (χ1v) is 16.5. The van der Waals surface area contributed by atoms with Crippen molar-refractivity contribution in [2.45, 2.75) is 63.7 Å². The third-order valence-corrected chi connectivity index (χ3v) is 8.94. The van der Waals surface area contributed by atoms with Gasteiger partial charge in [0.2, 0.25) is 0 Å². The molecule has 2 unspecified atom stereocenters. The summed E-state index contributed by atoms with van der Waals surface area (Å²) in [7, 11) is 13.3. The molecule has 0 N–H and O–H groups in total. The number of hydrogen-bond acceptors (Lipinski definition) is 12. The van der Waals surface area contributed by atoms with Gasteiger partial charge in [-0.3, -0.25) is 0 Å². The average Bonchev–Trinajstić information content (AvgIpc) is 3.98. The largest absolute Gasteiger partial charge is 0.497 e. The molecule has 7 rings (SSSR count). The Hall–Kier alpha value is -3.46. The van der Waals surface area contributed by atoms with Crippen molar-refractivity contribution in [1.82, 2.24) is 0 Å². The first kappa shape index (κ1) is 44.7. The number of fused-ring (bicyclic) bond motifs is 2. The van der Waals surface area contributed by atoms with Gasteiger partial charge in [-0.25, -0.2) is 0 Å². The van der Waals surface area contributed by atoms with Gasteiger partial charge in [-0.1, -0.05) is 39.1 Å². The van der Waals surface area contributed by atoms with Crippen LogP contribution in [-0.4, -0.2) is 132 Å². The third-order valence-electron chi connectivity index (χ3n) is 8.94. The summed E-state index contributed by atoms with van der Waals surface area (Å²) >= 11 is 0. The zero-order valence-electron chi connectivity index (χ0n) is 30.3. The van der Waals surface area contributed by atoms with Crippen LogP contribution in [0.3, 0.4) is 0 Å². The van der Waals surface area contributed by atoms with Crippen molar-refractivity contribution in [1.29, 1.82) is 0 Å². The smallest absolute Gasteiger partial charge is 0.119 e. The molecular weight excluding hydrogens is 672 g/mol. The molecule has 3 aromatic rings. The molecule has 52 heavy (non-hydrogen) atoms. The lowest BCUT2D eigenvalue weighted by Gasteiger charge is -2.14. The highest BCUT2D eigenvalue weighted by Gasteiger charge is 2.49. The molecule has 8 atom stereocenters. The van der Waals surface area contributed by atoms with E-state index in [0.29, 0.717) is 26.4 Å². The minimum atomic E-state index is 0. The van der Waals surface area contributed by atoms with Crippen LogP contribution in [0.4, 0.5) is 0 Å². The SMILES string of the molecule is C.C.CO[C@@H]1CO[C@H]2[C@@H]1OC[C@H]2OC.CO[C@H]1COC2C1OC[C@H]2OC.COc1ccc(-c2ccc(OC)cc2)cc1.COc1ccc(OC)cc1. The Bertz CT molecular complexity index is 1210. The molecule has 0 aromatic heterocycles.